The van der Waals surface area contributed by atoms with Crippen molar-refractivity contribution in [3.05, 3.63) is 95.9 Å². The molecule has 0 radical (unpaired) electrons. The molecular weight excluding hydrogens is 378 g/mol. The van der Waals surface area contributed by atoms with Crippen molar-refractivity contribution in [1.82, 2.24) is 20.2 Å². The Morgan fingerprint density at radius 1 is 1.13 bits per heavy atom. The molecular formula is C23H21N5O2. The third-order valence-electron chi connectivity index (χ3n) is 4.55. The Morgan fingerprint density at radius 3 is 2.63 bits per heavy atom. The summed E-state index contributed by atoms with van der Waals surface area (Å²) < 4.78 is 7.11. The van der Waals surface area contributed by atoms with Crippen molar-refractivity contribution in [2.45, 2.75) is 6.54 Å². The molecule has 2 aromatic carbocycles. The summed E-state index contributed by atoms with van der Waals surface area (Å²) in [5.74, 6) is 0.467. The lowest BCUT2D eigenvalue weighted by Gasteiger charge is -2.03. The predicted octanol–water partition coefficient (Wildman–Crippen LogP) is 3.70. The van der Waals surface area contributed by atoms with Crippen molar-refractivity contribution in [1.29, 1.82) is 0 Å². The molecule has 4 aromatic rings. The van der Waals surface area contributed by atoms with Crippen molar-refractivity contribution >= 4 is 12.1 Å². The van der Waals surface area contributed by atoms with Crippen molar-refractivity contribution in [2.75, 3.05) is 7.11 Å². The summed E-state index contributed by atoms with van der Waals surface area (Å²) in [6.07, 6.45) is 5.21. The molecule has 150 valence electrons. The van der Waals surface area contributed by atoms with E-state index in [1.807, 2.05) is 53.3 Å². The number of hydrazone groups is 1. The summed E-state index contributed by atoms with van der Waals surface area (Å²) in [7, 11) is 1.63. The first-order chi connectivity index (χ1) is 14.7. The molecule has 0 atom stereocenters. The van der Waals surface area contributed by atoms with Crippen LogP contribution < -0.4 is 10.2 Å². The highest BCUT2D eigenvalue weighted by Gasteiger charge is 2.11. The Hall–Kier alpha value is -4.13. The van der Waals surface area contributed by atoms with Gasteiger partial charge in [-0.3, -0.25) is 9.48 Å². The minimum absolute atomic E-state index is 0.307. The lowest BCUT2D eigenvalue weighted by molar-refractivity contribution is 0.0951. The van der Waals surface area contributed by atoms with E-state index in [0.29, 0.717) is 12.2 Å². The summed E-state index contributed by atoms with van der Waals surface area (Å²) >= 11 is 0. The first-order valence-corrected chi connectivity index (χ1v) is 9.45. The van der Waals surface area contributed by atoms with Gasteiger partial charge in [0, 0.05) is 23.5 Å². The largest absolute Gasteiger partial charge is 0.497 e. The van der Waals surface area contributed by atoms with E-state index in [9.17, 15) is 4.79 Å². The third-order valence-corrected chi connectivity index (χ3v) is 4.55. The van der Waals surface area contributed by atoms with Crippen LogP contribution in [0.5, 0.6) is 5.75 Å². The Kier molecular flexibility index (Phi) is 5.70. The van der Waals surface area contributed by atoms with E-state index in [1.54, 1.807) is 31.7 Å². The van der Waals surface area contributed by atoms with Gasteiger partial charge in [-0.05, 0) is 42.0 Å². The molecule has 0 aliphatic carbocycles. The van der Waals surface area contributed by atoms with Crippen LogP contribution in [0.1, 0.15) is 21.6 Å². The molecule has 0 saturated carbocycles. The second kappa shape index (κ2) is 8.91. The lowest BCUT2D eigenvalue weighted by atomic mass is 10.1. The first-order valence-electron chi connectivity index (χ1n) is 9.45. The number of aromatic nitrogens is 3. The summed E-state index contributed by atoms with van der Waals surface area (Å²) in [5.41, 5.74) is 6.62. The SMILES string of the molecule is COc1ccc(-c2nn(Cc3ccccc3)cc2/C=N\NC(=O)c2ccc[nH]2)cc1. The molecule has 0 bridgehead atoms. The second-order valence-electron chi connectivity index (χ2n) is 6.63. The maximum Gasteiger partial charge on any atom is 0.287 e. The van der Waals surface area contributed by atoms with Crippen molar-refractivity contribution < 1.29 is 9.53 Å². The standard InChI is InChI=1S/C23H21N5O2/c1-30-20-11-9-18(10-12-20)22-19(14-25-26-23(29)21-8-5-13-24-21)16-28(27-22)15-17-6-3-2-4-7-17/h2-14,16,24H,15H2,1H3,(H,26,29)/b25-14-. The van der Waals surface area contributed by atoms with Crippen LogP contribution in [-0.4, -0.2) is 34.0 Å². The molecule has 0 fully saturated rings. The number of nitrogens with zero attached hydrogens (tertiary/aromatic N) is 3. The van der Waals surface area contributed by atoms with Gasteiger partial charge in [-0.15, -0.1) is 0 Å². The van der Waals surface area contributed by atoms with E-state index < -0.39 is 0 Å². The number of aromatic amines is 1. The number of hydrogen-bond acceptors (Lipinski definition) is 4. The average Bonchev–Trinajstić information content (AvgIpc) is 3.45. The van der Waals surface area contributed by atoms with Gasteiger partial charge in [0.05, 0.1) is 19.9 Å². The van der Waals surface area contributed by atoms with Crippen LogP contribution in [0.25, 0.3) is 11.3 Å². The molecule has 7 nitrogen and oxygen atoms in total. The maximum atomic E-state index is 12.1. The molecule has 2 aromatic heterocycles. The minimum Gasteiger partial charge on any atom is -0.497 e. The van der Waals surface area contributed by atoms with Crippen molar-refractivity contribution in [3.8, 4) is 17.0 Å². The Balaban J connectivity index is 1.60. The minimum atomic E-state index is -0.307. The van der Waals surface area contributed by atoms with E-state index in [0.717, 1.165) is 28.1 Å². The van der Waals surface area contributed by atoms with E-state index in [-0.39, 0.29) is 5.91 Å². The number of carbonyl (C=O) groups excluding carboxylic acids is 1. The monoisotopic (exact) mass is 399 g/mol. The summed E-state index contributed by atoms with van der Waals surface area (Å²) in [5, 5.41) is 8.86. The molecule has 2 N–H and O–H groups in total. The number of methoxy groups -OCH3 is 1. The van der Waals surface area contributed by atoms with Crippen molar-refractivity contribution in [2.24, 2.45) is 5.10 Å². The molecule has 0 spiro atoms. The number of hydrogen-bond donors (Lipinski definition) is 2. The van der Waals surface area contributed by atoms with E-state index in [1.165, 1.54) is 0 Å². The Labute approximate surface area is 174 Å². The fourth-order valence-electron chi connectivity index (χ4n) is 3.05. The molecule has 1 amide bonds. The van der Waals surface area contributed by atoms with Gasteiger partial charge >= 0.3 is 0 Å². The fraction of sp³-hybridized carbons (Fsp3) is 0.0870. The summed E-state index contributed by atoms with van der Waals surface area (Å²) in [6.45, 7) is 0.632. The summed E-state index contributed by atoms with van der Waals surface area (Å²) in [6, 6.07) is 21.2. The van der Waals surface area contributed by atoms with Crippen LogP contribution >= 0.6 is 0 Å². The number of nitrogens with one attached hydrogen (secondary N) is 2. The number of carbonyl (C=O) groups is 1. The normalized spacial score (nSPS) is 11.0. The molecule has 7 heteroatoms. The van der Waals surface area contributed by atoms with Gasteiger partial charge in [-0.25, -0.2) is 5.43 Å². The van der Waals surface area contributed by atoms with Crippen LogP contribution in [0.4, 0.5) is 0 Å². The Bertz CT molecular complexity index is 1130. The highest BCUT2D eigenvalue weighted by Crippen LogP contribution is 2.24. The molecule has 30 heavy (non-hydrogen) atoms. The predicted molar refractivity (Wildman–Crippen MR) is 116 cm³/mol. The zero-order valence-electron chi connectivity index (χ0n) is 16.4. The van der Waals surface area contributed by atoms with E-state index in [2.05, 4.69) is 27.6 Å². The number of benzene rings is 2. The zero-order chi connectivity index (χ0) is 20.8. The smallest absolute Gasteiger partial charge is 0.287 e. The van der Waals surface area contributed by atoms with Crippen LogP contribution in [0.2, 0.25) is 0 Å². The van der Waals surface area contributed by atoms with Crippen LogP contribution in [0.3, 0.4) is 0 Å². The molecule has 4 rings (SSSR count). The maximum absolute atomic E-state index is 12.1. The van der Waals surface area contributed by atoms with Crippen molar-refractivity contribution in [3.63, 3.8) is 0 Å². The zero-order valence-corrected chi connectivity index (χ0v) is 16.4. The molecule has 0 saturated heterocycles. The average molecular weight is 399 g/mol. The van der Waals surface area contributed by atoms with Crippen LogP contribution in [0.15, 0.2) is 84.2 Å². The second-order valence-corrected chi connectivity index (χ2v) is 6.63. The molecule has 2 heterocycles. The molecule has 0 aliphatic rings. The van der Waals surface area contributed by atoms with Crippen LogP contribution in [0, 0.1) is 0 Å². The lowest BCUT2D eigenvalue weighted by Crippen LogP contribution is -2.17. The van der Waals surface area contributed by atoms with Gasteiger partial charge in [0.2, 0.25) is 0 Å². The number of rotatable bonds is 7. The number of ether oxygens (including phenoxy) is 1. The first kappa shape index (κ1) is 19.2. The summed E-state index contributed by atoms with van der Waals surface area (Å²) in [4.78, 5) is 14.9. The molecule has 0 unspecified atom stereocenters. The van der Waals surface area contributed by atoms with Gasteiger partial charge in [-0.2, -0.15) is 10.2 Å². The number of amides is 1. The quantitative estimate of drug-likeness (QED) is 0.367. The van der Waals surface area contributed by atoms with Gasteiger partial charge in [0.1, 0.15) is 17.1 Å². The third kappa shape index (κ3) is 4.47. The van der Waals surface area contributed by atoms with Gasteiger partial charge in [0.25, 0.3) is 5.91 Å². The Morgan fingerprint density at radius 2 is 1.93 bits per heavy atom. The van der Waals surface area contributed by atoms with Gasteiger partial charge < -0.3 is 9.72 Å². The fourth-order valence-corrected chi connectivity index (χ4v) is 3.05. The topological polar surface area (TPSA) is 84.3 Å². The molecule has 0 aliphatic heterocycles. The van der Waals surface area contributed by atoms with Gasteiger partial charge in [0.15, 0.2) is 0 Å². The van der Waals surface area contributed by atoms with E-state index in [4.69, 9.17) is 9.84 Å². The van der Waals surface area contributed by atoms with Crippen LogP contribution in [-0.2, 0) is 6.54 Å². The highest BCUT2D eigenvalue weighted by molar-refractivity contribution is 5.94. The van der Waals surface area contributed by atoms with Gasteiger partial charge in [-0.1, -0.05) is 30.3 Å². The highest BCUT2D eigenvalue weighted by atomic mass is 16.5. The van der Waals surface area contributed by atoms with E-state index >= 15 is 0 Å². The number of H-pyrrole nitrogens is 1.